The molecule has 57 heavy (non-hydrogen) atoms. The smallest absolute Gasteiger partial charge is 0.160 e. The average molecular weight is 727 g/mol. The highest BCUT2D eigenvalue weighted by atomic mass is 16.3. The summed E-state index contributed by atoms with van der Waals surface area (Å²) >= 11 is 0. The first-order valence-corrected chi connectivity index (χ1v) is 19.3. The molecule has 9 aromatic carbocycles. The van der Waals surface area contributed by atoms with Gasteiger partial charge in [0.25, 0.3) is 0 Å². The number of furan rings is 1. The standard InChI is InChI=1S/C54H34N2O/c1-2-14-39(15-3-1)54-55-50(38-27-25-37(26-28-38)46-20-10-17-36-13-6-7-18-45(36)46)34-51(56-54)44-32-42(41-29-24-35-12-4-5-16-40(35)30-41)31-43(33-44)47-21-11-22-49-48-19-8-9-23-52(48)57-53(47)49/h1-34H. The molecular formula is C54H34N2O. The fourth-order valence-electron chi connectivity index (χ4n) is 8.20. The van der Waals surface area contributed by atoms with Crippen molar-refractivity contribution in [1.29, 1.82) is 0 Å². The maximum absolute atomic E-state index is 6.58. The van der Waals surface area contributed by atoms with E-state index in [4.69, 9.17) is 14.4 Å². The minimum Gasteiger partial charge on any atom is -0.455 e. The van der Waals surface area contributed by atoms with Gasteiger partial charge in [-0.15, -0.1) is 0 Å². The van der Waals surface area contributed by atoms with Crippen LogP contribution >= 0.6 is 0 Å². The molecule has 0 saturated heterocycles. The van der Waals surface area contributed by atoms with E-state index in [9.17, 15) is 0 Å². The maximum Gasteiger partial charge on any atom is 0.160 e. The molecule has 0 saturated carbocycles. The molecule has 0 fully saturated rings. The topological polar surface area (TPSA) is 38.9 Å². The fraction of sp³-hybridized carbons (Fsp3) is 0. The number of rotatable bonds is 6. The Kier molecular flexibility index (Phi) is 7.82. The summed E-state index contributed by atoms with van der Waals surface area (Å²) < 4.78 is 6.58. The molecule has 3 heteroatoms. The molecule has 0 atom stereocenters. The lowest BCUT2D eigenvalue weighted by atomic mass is 9.92. The number of aromatic nitrogens is 2. The van der Waals surface area contributed by atoms with Crippen LogP contribution in [-0.2, 0) is 0 Å². The second-order valence-corrected chi connectivity index (χ2v) is 14.6. The first-order chi connectivity index (χ1) is 28.2. The first-order valence-electron chi connectivity index (χ1n) is 19.3. The Morgan fingerprint density at radius 3 is 1.75 bits per heavy atom. The van der Waals surface area contributed by atoms with E-state index in [2.05, 4.69) is 176 Å². The Balaban J connectivity index is 1.11. The zero-order valence-electron chi connectivity index (χ0n) is 30.9. The van der Waals surface area contributed by atoms with Crippen LogP contribution in [0, 0.1) is 0 Å². The molecule has 0 bridgehead atoms. The first kappa shape index (κ1) is 32.8. The molecule has 0 amide bonds. The molecule has 0 aliphatic rings. The van der Waals surface area contributed by atoms with Gasteiger partial charge in [-0.1, -0.05) is 170 Å². The van der Waals surface area contributed by atoms with Crippen LogP contribution in [0.3, 0.4) is 0 Å². The SMILES string of the molecule is c1ccc(-c2nc(-c3ccc(-c4cccc5ccccc45)cc3)cc(-c3cc(-c4ccc5ccccc5c4)cc(-c4cccc5c4oc4ccccc45)c3)n2)cc1. The fourth-order valence-corrected chi connectivity index (χ4v) is 8.20. The summed E-state index contributed by atoms with van der Waals surface area (Å²) in [6.45, 7) is 0. The monoisotopic (exact) mass is 726 g/mol. The molecule has 2 aromatic heterocycles. The van der Waals surface area contributed by atoms with E-state index < -0.39 is 0 Å². The predicted molar refractivity (Wildman–Crippen MR) is 237 cm³/mol. The van der Waals surface area contributed by atoms with E-state index in [-0.39, 0.29) is 0 Å². The largest absolute Gasteiger partial charge is 0.455 e. The van der Waals surface area contributed by atoms with Crippen LogP contribution in [-0.4, -0.2) is 9.97 Å². The van der Waals surface area contributed by atoms with Crippen molar-refractivity contribution in [3.05, 3.63) is 206 Å². The van der Waals surface area contributed by atoms with Gasteiger partial charge in [0.1, 0.15) is 11.2 Å². The molecule has 0 unspecified atom stereocenters. The molecule has 0 spiro atoms. The van der Waals surface area contributed by atoms with Crippen LogP contribution in [0.25, 0.3) is 111 Å². The van der Waals surface area contributed by atoms with Gasteiger partial charge in [-0.05, 0) is 85.8 Å². The highest BCUT2D eigenvalue weighted by molar-refractivity contribution is 6.10. The van der Waals surface area contributed by atoms with E-state index in [1.807, 2.05) is 30.3 Å². The van der Waals surface area contributed by atoms with Crippen LogP contribution in [0.4, 0.5) is 0 Å². The molecule has 266 valence electrons. The minimum absolute atomic E-state index is 0.679. The third kappa shape index (κ3) is 5.94. The van der Waals surface area contributed by atoms with Gasteiger partial charge in [0.2, 0.25) is 0 Å². The van der Waals surface area contributed by atoms with Gasteiger partial charge in [-0.2, -0.15) is 0 Å². The van der Waals surface area contributed by atoms with Crippen LogP contribution < -0.4 is 0 Å². The Bertz CT molecular complexity index is 3280. The Morgan fingerprint density at radius 1 is 0.298 bits per heavy atom. The minimum atomic E-state index is 0.679. The molecule has 0 N–H and O–H groups in total. The summed E-state index contributed by atoms with van der Waals surface area (Å²) in [5, 5.41) is 7.09. The molecule has 0 aliphatic carbocycles. The van der Waals surface area contributed by atoms with E-state index in [1.54, 1.807) is 0 Å². The number of fused-ring (bicyclic) bond motifs is 5. The van der Waals surface area contributed by atoms with Gasteiger partial charge in [-0.25, -0.2) is 9.97 Å². The number of hydrogen-bond acceptors (Lipinski definition) is 3. The molecule has 0 radical (unpaired) electrons. The average Bonchev–Trinajstić information content (AvgIpc) is 3.68. The third-order valence-corrected chi connectivity index (χ3v) is 11.1. The van der Waals surface area contributed by atoms with Gasteiger partial charge in [0.05, 0.1) is 11.4 Å². The van der Waals surface area contributed by atoms with Gasteiger partial charge >= 0.3 is 0 Å². The lowest BCUT2D eigenvalue weighted by Gasteiger charge is -2.14. The summed E-state index contributed by atoms with van der Waals surface area (Å²) in [5.41, 5.74) is 13.2. The van der Waals surface area contributed by atoms with Gasteiger partial charge in [0, 0.05) is 33.0 Å². The second-order valence-electron chi connectivity index (χ2n) is 14.6. The van der Waals surface area contributed by atoms with Crippen molar-refractivity contribution in [1.82, 2.24) is 9.97 Å². The summed E-state index contributed by atoms with van der Waals surface area (Å²) in [7, 11) is 0. The Hall–Kier alpha value is -7.62. The second kappa shape index (κ2) is 13.6. The number of hydrogen-bond donors (Lipinski definition) is 0. The lowest BCUT2D eigenvalue weighted by Crippen LogP contribution is -1.96. The summed E-state index contributed by atoms with van der Waals surface area (Å²) in [5.74, 6) is 0.679. The summed E-state index contributed by atoms with van der Waals surface area (Å²) in [6.07, 6.45) is 0. The molecular weight excluding hydrogens is 693 g/mol. The summed E-state index contributed by atoms with van der Waals surface area (Å²) in [6, 6.07) is 72.9. The molecule has 2 heterocycles. The van der Waals surface area contributed by atoms with E-state index in [1.165, 1.54) is 32.7 Å². The quantitative estimate of drug-likeness (QED) is 0.171. The third-order valence-electron chi connectivity index (χ3n) is 11.1. The number of para-hydroxylation sites is 2. The zero-order valence-corrected chi connectivity index (χ0v) is 30.9. The van der Waals surface area contributed by atoms with Crippen molar-refractivity contribution in [3.63, 3.8) is 0 Å². The highest BCUT2D eigenvalue weighted by Crippen LogP contribution is 2.40. The van der Waals surface area contributed by atoms with Crippen LogP contribution in [0.5, 0.6) is 0 Å². The van der Waals surface area contributed by atoms with Gasteiger partial charge < -0.3 is 4.42 Å². The van der Waals surface area contributed by atoms with E-state index >= 15 is 0 Å². The Morgan fingerprint density at radius 2 is 0.895 bits per heavy atom. The summed E-state index contributed by atoms with van der Waals surface area (Å²) in [4.78, 5) is 10.5. The number of nitrogens with zero attached hydrogens (tertiary/aromatic N) is 2. The Labute approximate surface area is 330 Å². The van der Waals surface area contributed by atoms with Crippen molar-refractivity contribution < 1.29 is 4.42 Å². The van der Waals surface area contributed by atoms with Crippen molar-refractivity contribution >= 4 is 43.5 Å². The highest BCUT2D eigenvalue weighted by Gasteiger charge is 2.17. The van der Waals surface area contributed by atoms with Crippen LogP contribution in [0.15, 0.2) is 211 Å². The van der Waals surface area contributed by atoms with E-state index in [0.29, 0.717) is 5.82 Å². The lowest BCUT2D eigenvalue weighted by molar-refractivity contribution is 0.670. The molecule has 3 nitrogen and oxygen atoms in total. The number of benzene rings is 9. The normalized spacial score (nSPS) is 11.5. The van der Waals surface area contributed by atoms with Crippen molar-refractivity contribution in [2.45, 2.75) is 0 Å². The molecule has 11 rings (SSSR count). The van der Waals surface area contributed by atoms with Crippen LogP contribution in [0.2, 0.25) is 0 Å². The van der Waals surface area contributed by atoms with E-state index in [0.717, 1.165) is 72.3 Å². The predicted octanol–water partition coefficient (Wildman–Crippen LogP) is 14.7. The van der Waals surface area contributed by atoms with Crippen molar-refractivity contribution in [2.24, 2.45) is 0 Å². The van der Waals surface area contributed by atoms with Crippen molar-refractivity contribution in [2.75, 3.05) is 0 Å². The molecule has 0 aliphatic heterocycles. The maximum atomic E-state index is 6.58. The molecule has 11 aromatic rings. The van der Waals surface area contributed by atoms with Crippen molar-refractivity contribution in [3.8, 4) is 67.3 Å². The zero-order chi connectivity index (χ0) is 37.7. The van der Waals surface area contributed by atoms with Gasteiger partial charge in [-0.3, -0.25) is 0 Å². The van der Waals surface area contributed by atoms with Gasteiger partial charge in [0.15, 0.2) is 5.82 Å². The van der Waals surface area contributed by atoms with Crippen LogP contribution in [0.1, 0.15) is 0 Å².